The van der Waals surface area contributed by atoms with Crippen LogP contribution in [0, 0.1) is 0 Å². The third kappa shape index (κ3) is 3.78. The van der Waals surface area contributed by atoms with Crippen LogP contribution in [-0.4, -0.2) is 4.98 Å². The van der Waals surface area contributed by atoms with Crippen molar-refractivity contribution in [2.75, 3.05) is 0 Å². The van der Waals surface area contributed by atoms with E-state index in [2.05, 4.69) is 66.7 Å². The zero-order valence-electron chi connectivity index (χ0n) is 22.1. The number of aromatic nitrogens is 1. The maximum atomic E-state index is 14.9. The Balaban J connectivity index is 1.38. The molecule has 8 aromatic rings. The molecule has 0 unspecified atom stereocenters. The third-order valence-electron chi connectivity index (χ3n) is 7.95. The molecule has 0 N–H and O–H groups in total. The number of nitrogens with zero attached hydrogens (tertiary/aromatic N) is 1. The SMILES string of the molecule is O=P(c1ccccc1)(c1ccccc1)c1ccc(-c2nc3ccccc3c3ccc4c5ccccc5sc4c23)cc1. The highest BCUT2D eigenvalue weighted by Gasteiger charge is 2.29. The Hall–Kier alpha value is -4.56. The lowest BCUT2D eigenvalue weighted by molar-refractivity contribution is 0.592. The molecule has 0 radical (unpaired) electrons. The lowest BCUT2D eigenvalue weighted by atomic mass is 9.98. The van der Waals surface area contributed by atoms with Crippen molar-refractivity contribution in [3.63, 3.8) is 0 Å². The molecule has 0 saturated carbocycles. The van der Waals surface area contributed by atoms with Crippen LogP contribution in [0.25, 0.3) is 53.1 Å². The van der Waals surface area contributed by atoms with E-state index < -0.39 is 7.14 Å². The second-order valence-electron chi connectivity index (χ2n) is 10.3. The average Bonchev–Trinajstić information content (AvgIpc) is 3.44. The first-order chi connectivity index (χ1) is 20.2. The summed E-state index contributed by atoms with van der Waals surface area (Å²) in [6.45, 7) is 0. The van der Waals surface area contributed by atoms with Crippen molar-refractivity contribution in [2.24, 2.45) is 0 Å². The minimum absolute atomic E-state index is 0.816. The van der Waals surface area contributed by atoms with Gasteiger partial charge >= 0.3 is 0 Å². The first-order valence-corrected chi connectivity index (χ1v) is 16.2. The Morgan fingerprint density at radius 1 is 0.488 bits per heavy atom. The summed E-state index contributed by atoms with van der Waals surface area (Å²) in [5.41, 5.74) is 2.94. The van der Waals surface area contributed by atoms with Gasteiger partial charge in [0.15, 0.2) is 7.14 Å². The molecule has 0 atom stereocenters. The highest BCUT2D eigenvalue weighted by molar-refractivity contribution is 7.85. The fraction of sp³-hybridized carbons (Fsp3) is 0. The first-order valence-electron chi connectivity index (χ1n) is 13.7. The zero-order valence-corrected chi connectivity index (χ0v) is 23.8. The molecule has 4 heteroatoms. The van der Waals surface area contributed by atoms with E-state index in [1.165, 1.54) is 30.9 Å². The van der Waals surface area contributed by atoms with Gasteiger partial charge in [-0.05, 0) is 17.5 Å². The molecular formula is C37H24NOPS. The van der Waals surface area contributed by atoms with Gasteiger partial charge in [0.25, 0.3) is 0 Å². The predicted molar refractivity (Wildman–Crippen MR) is 177 cm³/mol. The van der Waals surface area contributed by atoms with Crippen molar-refractivity contribution in [3.05, 3.63) is 146 Å². The van der Waals surface area contributed by atoms with Gasteiger partial charge in [-0.1, -0.05) is 133 Å². The van der Waals surface area contributed by atoms with Crippen molar-refractivity contribution >= 4 is 76.2 Å². The topological polar surface area (TPSA) is 30.0 Å². The van der Waals surface area contributed by atoms with E-state index in [9.17, 15) is 4.57 Å². The van der Waals surface area contributed by atoms with E-state index in [1.807, 2.05) is 90.2 Å². The summed E-state index contributed by atoms with van der Waals surface area (Å²) < 4.78 is 17.4. The molecule has 0 spiro atoms. The summed E-state index contributed by atoms with van der Waals surface area (Å²) in [6, 6.07) is 49.4. The number of pyridine rings is 1. The molecule has 0 aliphatic heterocycles. The quantitative estimate of drug-likeness (QED) is 0.158. The number of rotatable bonds is 4. The van der Waals surface area contributed by atoms with E-state index in [-0.39, 0.29) is 0 Å². The monoisotopic (exact) mass is 561 g/mol. The maximum absolute atomic E-state index is 14.9. The molecule has 0 fully saturated rings. The second-order valence-corrected chi connectivity index (χ2v) is 14.1. The summed E-state index contributed by atoms with van der Waals surface area (Å²) in [6.07, 6.45) is 0. The van der Waals surface area contributed by atoms with Gasteiger partial charge in [0.05, 0.1) is 11.2 Å². The van der Waals surface area contributed by atoms with Crippen molar-refractivity contribution < 1.29 is 4.57 Å². The molecule has 6 aromatic carbocycles. The van der Waals surface area contributed by atoms with Gasteiger partial charge in [-0.2, -0.15) is 0 Å². The molecule has 0 aliphatic rings. The maximum Gasteiger partial charge on any atom is 0.171 e. The Kier molecular flexibility index (Phi) is 5.63. The number of hydrogen-bond donors (Lipinski definition) is 0. The Morgan fingerprint density at radius 2 is 1.05 bits per heavy atom. The van der Waals surface area contributed by atoms with Crippen LogP contribution in [0.1, 0.15) is 0 Å². The molecule has 2 nitrogen and oxygen atoms in total. The molecule has 8 rings (SSSR count). The summed E-state index contributed by atoms with van der Waals surface area (Å²) in [4.78, 5) is 5.24. The van der Waals surface area contributed by atoms with Crippen LogP contribution in [-0.2, 0) is 4.57 Å². The van der Waals surface area contributed by atoms with Gasteiger partial charge in [0.1, 0.15) is 0 Å². The minimum atomic E-state index is -3.05. The molecule has 0 aliphatic carbocycles. The molecule has 41 heavy (non-hydrogen) atoms. The van der Waals surface area contributed by atoms with Gasteiger partial charge in [-0.15, -0.1) is 11.3 Å². The normalized spacial score (nSPS) is 12.0. The van der Waals surface area contributed by atoms with Crippen molar-refractivity contribution in [2.45, 2.75) is 0 Å². The summed E-state index contributed by atoms with van der Waals surface area (Å²) >= 11 is 1.83. The summed E-state index contributed by atoms with van der Waals surface area (Å²) in [5, 5.41) is 8.54. The third-order valence-corrected chi connectivity index (χ3v) is 12.2. The number of para-hydroxylation sites is 1. The molecular weight excluding hydrogens is 537 g/mol. The van der Waals surface area contributed by atoms with E-state index in [0.29, 0.717) is 0 Å². The van der Waals surface area contributed by atoms with E-state index in [1.54, 1.807) is 0 Å². The number of fused-ring (bicyclic) bond motifs is 7. The van der Waals surface area contributed by atoms with Crippen molar-refractivity contribution in [3.8, 4) is 11.3 Å². The van der Waals surface area contributed by atoms with Gasteiger partial charge in [-0.25, -0.2) is 4.98 Å². The highest BCUT2D eigenvalue weighted by atomic mass is 32.1. The van der Waals surface area contributed by atoms with Crippen molar-refractivity contribution in [1.82, 2.24) is 4.98 Å². The Labute approximate surface area is 241 Å². The lowest BCUT2D eigenvalue weighted by Crippen LogP contribution is -2.24. The van der Waals surface area contributed by atoms with E-state index in [4.69, 9.17) is 4.98 Å². The molecule has 2 aromatic heterocycles. The van der Waals surface area contributed by atoms with E-state index >= 15 is 0 Å². The second kappa shape index (κ2) is 9.52. The minimum Gasteiger partial charge on any atom is -0.309 e. The van der Waals surface area contributed by atoms with Crippen LogP contribution in [0.15, 0.2) is 146 Å². The average molecular weight is 562 g/mol. The largest absolute Gasteiger partial charge is 0.309 e. The van der Waals surface area contributed by atoms with Crippen LogP contribution in [0.2, 0.25) is 0 Å². The molecule has 0 bridgehead atoms. The van der Waals surface area contributed by atoms with Crippen LogP contribution in [0.4, 0.5) is 0 Å². The number of hydrogen-bond acceptors (Lipinski definition) is 3. The van der Waals surface area contributed by atoms with E-state index in [0.717, 1.165) is 38.1 Å². The van der Waals surface area contributed by atoms with Crippen LogP contribution in [0.3, 0.4) is 0 Å². The number of benzene rings is 6. The molecule has 0 saturated heterocycles. The Bertz CT molecular complexity index is 2230. The molecule has 0 amide bonds. The predicted octanol–water partition coefficient (Wildman–Crippen LogP) is 9.06. The first kappa shape index (κ1) is 24.3. The highest BCUT2D eigenvalue weighted by Crippen LogP contribution is 2.45. The lowest BCUT2D eigenvalue weighted by Gasteiger charge is -2.20. The number of thiophene rings is 1. The van der Waals surface area contributed by atoms with Gasteiger partial charge in [0, 0.05) is 52.4 Å². The van der Waals surface area contributed by atoms with Gasteiger partial charge < -0.3 is 4.57 Å². The van der Waals surface area contributed by atoms with Crippen molar-refractivity contribution in [1.29, 1.82) is 0 Å². The van der Waals surface area contributed by atoms with Crippen LogP contribution in [0.5, 0.6) is 0 Å². The molecule has 194 valence electrons. The van der Waals surface area contributed by atoms with Gasteiger partial charge in [0.2, 0.25) is 0 Å². The standard InChI is InChI=1S/C37H24NOPS/c39-40(26-11-3-1-4-12-26,27-13-5-2-6-14-27)28-21-19-25(20-22-28)36-35-31(29-15-7-9-17-33(29)38-36)23-24-32-30-16-8-10-18-34(30)41-37(32)35/h1-24H. The summed E-state index contributed by atoms with van der Waals surface area (Å²) in [7, 11) is -3.05. The fourth-order valence-corrected chi connectivity index (χ4v) is 9.88. The zero-order chi connectivity index (χ0) is 27.4. The Morgan fingerprint density at radius 3 is 1.76 bits per heavy atom. The summed E-state index contributed by atoms with van der Waals surface area (Å²) in [5.74, 6) is 0. The fourth-order valence-electron chi connectivity index (χ4n) is 5.98. The molecule has 2 heterocycles. The smallest absolute Gasteiger partial charge is 0.171 e. The van der Waals surface area contributed by atoms with Crippen LogP contribution < -0.4 is 15.9 Å². The van der Waals surface area contributed by atoms with Gasteiger partial charge in [-0.3, -0.25) is 0 Å². The van der Waals surface area contributed by atoms with Crippen LogP contribution >= 0.6 is 18.5 Å².